The Hall–Kier alpha value is -3.07. The van der Waals surface area contributed by atoms with Gasteiger partial charge in [0.15, 0.2) is 0 Å². The number of carbonyl (C=O) groups is 2. The van der Waals surface area contributed by atoms with Crippen molar-refractivity contribution >= 4 is 11.9 Å². The SMILES string of the molecule is CN1Cc2ccccc2C(Oc2ccc(C(F)(F)F)cc2)C1.O=C(O)C(=O)O. The molecule has 6 nitrogen and oxygen atoms in total. The molecule has 150 valence electrons. The van der Waals surface area contributed by atoms with E-state index < -0.39 is 23.7 Å². The third-order valence-corrected chi connectivity index (χ3v) is 3.96. The van der Waals surface area contributed by atoms with Crippen molar-refractivity contribution in [1.82, 2.24) is 4.90 Å². The van der Waals surface area contributed by atoms with Gasteiger partial charge >= 0.3 is 18.1 Å². The second-order valence-corrected chi connectivity index (χ2v) is 6.13. The van der Waals surface area contributed by atoms with Crippen molar-refractivity contribution < 1.29 is 37.7 Å². The van der Waals surface area contributed by atoms with Gasteiger partial charge in [-0.25, -0.2) is 9.59 Å². The number of likely N-dealkylation sites (N-methyl/N-ethyl adjacent to an activating group) is 1. The van der Waals surface area contributed by atoms with Gasteiger partial charge in [0.2, 0.25) is 0 Å². The zero-order chi connectivity index (χ0) is 20.9. The molecule has 0 spiro atoms. The predicted molar refractivity (Wildman–Crippen MR) is 92.9 cm³/mol. The Kier molecular flexibility index (Phi) is 6.63. The number of hydrogen-bond donors (Lipinski definition) is 2. The van der Waals surface area contributed by atoms with E-state index in [0.717, 1.165) is 24.2 Å². The lowest BCUT2D eigenvalue weighted by atomic mass is 9.97. The fourth-order valence-corrected chi connectivity index (χ4v) is 2.72. The van der Waals surface area contributed by atoms with Crippen LogP contribution in [0.5, 0.6) is 5.75 Å². The third-order valence-electron chi connectivity index (χ3n) is 3.96. The zero-order valence-electron chi connectivity index (χ0n) is 14.8. The molecule has 0 amide bonds. The topological polar surface area (TPSA) is 87.1 Å². The number of halogens is 3. The van der Waals surface area contributed by atoms with E-state index in [1.54, 1.807) is 0 Å². The van der Waals surface area contributed by atoms with Gasteiger partial charge in [-0.15, -0.1) is 0 Å². The molecule has 1 aliphatic heterocycles. The predicted octanol–water partition coefficient (Wildman–Crippen LogP) is 3.43. The van der Waals surface area contributed by atoms with Crippen LogP contribution in [0.2, 0.25) is 0 Å². The van der Waals surface area contributed by atoms with E-state index in [9.17, 15) is 13.2 Å². The van der Waals surface area contributed by atoms with Gasteiger partial charge in [0, 0.05) is 13.1 Å². The number of rotatable bonds is 2. The van der Waals surface area contributed by atoms with Crippen LogP contribution in [0.3, 0.4) is 0 Å². The van der Waals surface area contributed by atoms with Gasteiger partial charge in [0.1, 0.15) is 11.9 Å². The summed E-state index contributed by atoms with van der Waals surface area (Å²) >= 11 is 0. The molecule has 0 radical (unpaired) electrons. The summed E-state index contributed by atoms with van der Waals surface area (Å²) in [6.07, 6.45) is -4.50. The van der Waals surface area contributed by atoms with Crippen LogP contribution in [-0.2, 0) is 22.3 Å². The Balaban J connectivity index is 0.000000409. The van der Waals surface area contributed by atoms with Crippen molar-refractivity contribution in [3.8, 4) is 5.75 Å². The highest BCUT2D eigenvalue weighted by Gasteiger charge is 2.30. The minimum atomic E-state index is -4.32. The molecule has 1 aliphatic rings. The molecule has 2 aromatic rings. The van der Waals surface area contributed by atoms with Gasteiger partial charge in [-0.05, 0) is 42.4 Å². The number of ether oxygens (including phenoxy) is 1. The summed E-state index contributed by atoms with van der Waals surface area (Å²) in [4.78, 5) is 20.3. The number of carboxylic acids is 2. The van der Waals surface area contributed by atoms with E-state index in [4.69, 9.17) is 24.5 Å². The summed E-state index contributed by atoms with van der Waals surface area (Å²) in [6.45, 7) is 1.56. The quantitative estimate of drug-likeness (QED) is 0.755. The summed E-state index contributed by atoms with van der Waals surface area (Å²) in [5.74, 6) is -3.20. The van der Waals surface area contributed by atoms with E-state index >= 15 is 0 Å². The molecule has 0 aromatic heterocycles. The Labute approximate surface area is 158 Å². The maximum atomic E-state index is 12.6. The standard InChI is InChI=1S/C17H16F3NO.C2H2O4/c1-21-10-12-4-2-3-5-15(12)16(11-21)22-14-8-6-13(7-9-14)17(18,19)20;3-1(4)2(5)6/h2-9,16H,10-11H2,1H3;(H,3,4)(H,5,6). The molecule has 2 N–H and O–H groups in total. The Morgan fingerprint density at radius 3 is 2.14 bits per heavy atom. The average Bonchev–Trinajstić information content (AvgIpc) is 2.61. The van der Waals surface area contributed by atoms with Crippen molar-refractivity contribution in [2.24, 2.45) is 0 Å². The fourth-order valence-electron chi connectivity index (χ4n) is 2.72. The first kappa shape index (κ1) is 21.2. The van der Waals surface area contributed by atoms with Gasteiger partial charge in [-0.2, -0.15) is 13.2 Å². The van der Waals surface area contributed by atoms with Crippen LogP contribution in [0.25, 0.3) is 0 Å². The van der Waals surface area contributed by atoms with Gasteiger partial charge in [0.05, 0.1) is 5.56 Å². The molecule has 0 bridgehead atoms. The van der Waals surface area contributed by atoms with Crippen LogP contribution in [0, 0.1) is 0 Å². The highest BCUT2D eigenvalue weighted by atomic mass is 19.4. The normalized spacial score (nSPS) is 16.4. The molecule has 0 saturated carbocycles. The Bertz CT molecular complexity index is 824. The molecule has 9 heteroatoms. The van der Waals surface area contributed by atoms with Crippen LogP contribution >= 0.6 is 0 Å². The fraction of sp³-hybridized carbons (Fsp3) is 0.263. The number of carboxylic acid groups (broad SMARTS) is 2. The summed E-state index contributed by atoms with van der Waals surface area (Å²) < 4.78 is 43.6. The Morgan fingerprint density at radius 2 is 1.61 bits per heavy atom. The number of fused-ring (bicyclic) bond motifs is 1. The van der Waals surface area contributed by atoms with Crippen LogP contribution in [0.15, 0.2) is 48.5 Å². The van der Waals surface area contributed by atoms with E-state index in [-0.39, 0.29) is 6.10 Å². The maximum absolute atomic E-state index is 12.6. The van der Waals surface area contributed by atoms with Crippen molar-refractivity contribution in [2.45, 2.75) is 18.8 Å². The lowest BCUT2D eigenvalue weighted by molar-refractivity contribution is -0.159. The van der Waals surface area contributed by atoms with Crippen molar-refractivity contribution in [1.29, 1.82) is 0 Å². The maximum Gasteiger partial charge on any atom is 0.416 e. The van der Waals surface area contributed by atoms with E-state index in [1.165, 1.54) is 17.7 Å². The molecular formula is C19H18F3NO5. The van der Waals surface area contributed by atoms with Crippen molar-refractivity contribution in [3.05, 3.63) is 65.2 Å². The molecule has 1 atom stereocenters. The number of aliphatic carboxylic acids is 2. The second kappa shape index (κ2) is 8.75. The lowest BCUT2D eigenvalue weighted by Crippen LogP contribution is -2.33. The molecule has 2 aromatic carbocycles. The molecular weight excluding hydrogens is 379 g/mol. The molecule has 1 unspecified atom stereocenters. The molecule has 1 heterocycles. The molecule has 0 saturated heterocycles. The lowest BCUT2D eigenvalue weighted by Gasteiger charge is -2.32. The molecule has 0 aliphatic carbocycles. The molecule has 28 heavy (non-hydrogen) atoms. The number of nitrogens with zero attached hydrogens (tertiary/aromatic N) is 1. The van der Waals surface area contributed by atoms with E-state index in [0.29, 0.717) is 12.3 Å². The molecule has 3 rings (SSSR count). The van der Waals surface area contributed by atoms with Crippen molar-refractivity contribution in [3.63, 3.8) is 0 Å². The largest absolute Gasteiger partial charge is 0.484 e. The highest BCUT2D eigenvalue weighted by Crippen LogP contribution is 2.33. The van der Waals surface area contributed by atoms with Crippen LogP contribution < -0.4 is 4.74 Å². The van der Waals surface area contributed by atoms with Crippen molar-refractivity contribution in [2.75, 3.05) is 13.6 Å². The first-order chi connectivity index (χ1) is 13.1. The van der Waals surface area contributed by atoms with Gasteiger partial charge in [0.25, 0.3) is 0 Å². The molecule has 0 fully saturated rings. The summed E-state index contributed by atoms with van der Waals surface area (Å²) in [5, 5.41) is 14.8. The minimum absolute atomic E-state index is 0.174. The minimum Gasteiger partial charge on any atom is -0.484 e. The first-order valence-corrected chi connectivity index (χ1v) is 8.14. The van der Waals surface area contributed by atoms with E-state index in [1.807, 2.05) is 31.3 Å². The van der Waals surface area contributed by atoms with Gasteiger partial charge < -0.3 is 14.9 Å². The summed E-state index contributed by atoms with van der Waals surface area (Å²) in [6, 6.07) is 12.8. The van der Waals surface area contributed by atoms with Crippen LogP contribution in [0.4, 0.5) is 13.2 Å². The third kappa shape index (κ3) is 5.71. The number of alkyl halides is 3. The number of benzene rings is 2. The highest BCUT2D eigenvalue weighted by molar-refractivity contribution is 6.27. The monoisotopic (exact) mass is 397 g/mol. The average molecular weight is 397 g/mol. The van der Waals surface area contributed by atoms with E-state index in [2.05, 4.69) is 4.90 Å². The van der Waals surface area contributed by atoms with Gasteiger partial charge in [-0.1, -0.05) is 24.3 Å². The smallest absolute Gasteiger partial charge is 0.416 e. The Morgan fingerprint density at radius 1 is 1.04 bits per heavy atom. The summed E-state index contributed by atoms with van der Waals surface area (Å²) in [7, 11) is 2.00. The summed E-state index contributed by atoms with van der Waals surface area (Å²) in [5.41, 5.74) is 1.62. The first-order valence-electron chi connectivity index (χ1n) is 8.14. The van der Waals surface area contributed by atoms with Gasteiger partial charge in [-0.3, -0.25) is 4.90 Å². The van der Waals surface area contributed by atoms with Crippen LogP contribution in [-0.4, -0.2) is 40.6 Å². The number of hydrogen-bond acceptors (Lipinski definition) is 4. The second-order valence-electron chi connectivity index (χ2n) is 6.13. The van der Waals surface area contributed by atoms with Crippen LogP contribution in [0.1, 0.15) is 22.8 Å². The zero-order valence-corrected chi connectivity index (χ0v) is 14.8.